The molecule has 0 aliphatic carbocycles. The molecule has 19 nitrogen and oxygen atoms in total. The van der Waals surface area contributed by atoms with Gasteiger partial charge in [0.2, 0.25) is 20.0 Å². The van der Waals surface area contributed by atoms with Gasteiger partial charge in [0.05, 0.1) is 70.2 Å². The van der Waals surface area contributed by atoms with Crippen LogP contribution in [0.15, 0.2) is 220 Å². The number of para-hydroxylation sites is 1. The Balaban J connectivity index is 0.000000154. The number of primary sulfonamides is 1. The van der Waals surface area contributed by atoms with Crippen LogP contribution in [0.2, 0.25) is 0 Å². The molecule has 0 atom stereocenters. The second-order valence-electron chi connectivity index (χ2n) is 22.7. The van der Waals surface area contributed by atoms with E-state index in [4.69, 9.17) is 5.14 Å². The number of hydrogen-bond acceptors (Lipinski definition) is 14. The van der Waals surface area contributed by atoms with Gasteiger partial charge in [-0.15, -0.1) is 0 Å². The van der Waals surface area contributed by atoms with E-state index in [9.17, 15) is 47.2 Å². The lowest BCUT2D eigenvalue weighted by atomic mass is 9.89. The summed E-state index contributed by atoms with van der Waals surface area (Å²) in [4.78, 5) is 24.3. The maximum absolute atomic E-state index is 11.9. The monoisotopic (exact) mass is 1350 g/mol. The zero-order valence-corrected chi connectivity index (χ0v) is 55.6. The highest BCUT2D eigenvalue weighted by molar-refractivity contribution is 7.92. The highest BCUT2D eigenvalue weighted by atomic mass is 32.2. The van der Waals surface area contributed by atoms with Crippen LogP contribution >= 0.6 is 0 Å². The number of nitrogens with two attached hydrogens (primary N) is 1. The lowest BCUT2D eigenvalue weighted by Crippen LogP contribution is -2.16. The van der Waals surface area contributed by atoms with Gasteiger partial charge < -0.3 is 20.1 Å². The van der Waals surface area contributed by atoms with Crippen molar-refractivity contribution in [2.75, 3.05) is 29.7 Å². The van der Waals surface area contributed by atoms with Crippen LogP contribution in [-0.4, -0.2) is 102 Å². The number of aromatic amines is 3. The van der Waals surface area contributed by atoms with Crippen molar-refractivity contribution in [2.24, 2.45) is 5.14 Å². The van der Waals surface area contributed by atoms with Gasteiger partial charge in [-0.05, 0) is 162 Å². The van der Waals surface area contributed by atoms with E-state index < -0.39 is 55.2 Å². The molecule has 0 aliphatic heterocycles. The van der Waals surface area contributed by atoms with Gasteiger partial charge in [-0.1, -0.05) is 133 Å². The average molecular weight is 1350 g/mol. The summed E-state index contributed by atoms with van der Waals surface area (Å²) in [6, 6.07) is 58.6. The van der Waals surface area contributed by atoms with E-state index in [2.05, 4.69) is 34.6 Å². The summed E-state index contributed by atoms with van der Waals surface area (Å²) in [5.74, 6) is 1.96. The molecule has 480 valence electrons. The van der Waals surface area contributed by atoms with Crippen LogP contribution in [0.1, 0.15) is 53.6 Å². The molecule has 9 aromatic carbocycles. The van der Waals surface area contributed by atoms with Crippen molar-refractivity contribution < 1.29 is 47.2 Å². The summed E-state index contributed by atoms with van der Waals surface area (Å²) in [5.41, 5.74) is 12.6. The maximum Gasteiger partial charge on any atom is 0.238 e. The maximum atomic E-state index is 11.9. The molecule has 0 amide bonds. The van der Waals surface area contributed by atoms with Gasteiger partial charge in [-0.25, -0.2) is 62.2 Å². The molecule has 3 aromatic heterocycles. The molecule has 3 heterocycles. The van der Waals surface area contributed by atoms with Gasteiger partial charge in [0, 0.05) is 29.9 Å². The molecule has 0 spiro atoms. The molecular weight excluding hydrogens is 1290 g/mol. The lowest BCUT2D eigenvalue weighted by Gasteiger charge is -2.21. The summed E-state index contributed by atoms with van der Waals surface area (Å²) in [5, 5.41) is 15.9. The number of nitrogens with zero attached hydrogens (tertiary/aromatic N) is 3. The fourth-order valence-corrected chi connectivity index (χ4v) is 13.3. The summed E-state index contributed by atoms with van der Waals surface area (Å²) in [6.45, 7) is 3.57. The molecule has 12 rings (SSSR count). The molecule has 0 bridgehead atoms. The molecule has 12 aromatic rings. The number of sulfone groups is 3. The van der Waals surface area contributed by atoms with Crippen molar-refractivity contribution in [3.05, 3.63) is 240 Å². The van der Waals surface area contributed by atoms with E-state index in [1.165, 1.54) is 24.8 Å². The summed E-state index contributed by atoms with van der Waals surface area (Å²) < 4.78 is 119. The third kappa shape index (κ3) is 17.0. The standard InChI is InChI=1S/C25H24N2O3S.C23H21N3O4S2.C22H19N3O4S2/c1-25(2,28)21-7-5-4-6-20(21)18-11-14-22-23(16-18)27-24(26-22)15-10-17-8-12-19(13-9-17)31(3,29)30;1-31(27,28)18-11-7-16(8-12-18)9-14-23-24-21-13-10-17(15-22(21)25-23)19-5-3-4-6-20(19)26-32(2,29)30;1-30(26,27)17-10-6-15(7-11-17)8-13-22-24-19-12-9-16(14-20(19)25-22)18-4-2-3-5-21(18)31(23,28)29/h4-16,28H,1-3H3,(H,26,27);3-15,26H,1-2H3,(H,24,25);2-14H,1H3,(H,24,25)(H2,23,28,29)/b15-10+;14-9+;13-8+. The third-order valence-electron chi connectivity index (χ3n) is 14.7. The third-order valence-corrected chi connectivity index (χ3v) is 19.6. The Kier molecular flexibility index (Phi) is 19.2. The molecular formula is C70H64N8O11S5. The normalized spacial score (nSPS) is 12.6. The molecule has 0 saturated heterocycles. The molecule has 94 heavy (non-hydrogen) atoms. The minimum absolute atomic E-state index is 0.0616. The Morgan fingerprint density at radius 2 is 0.734 bits per heavy atom. The van der Waals surface area contributed by atoms with E-state index in [-0.39, 0.29) is 14.7 Å². The van der Waals surface area contributed by atoms with Crippen LogP contribution in [0.5, 0.6) is 0 Å². The quantitative estimate of drug-likeness (QED) is 0.0524. The Morgan fingerprint density at radius 3 is 1.10 bits per heavy atom. The number of fused-ring (bicyclic) bond motifs is 3. The SMILES string of the molecule is CC(C)(O)c1ccccc1-c1ccc2nc(/C=C/c3ccc(S(C)(=O)=O)cc3)[nH]c2c1.CS(=O)(=O)Nc1ccccc1-c1ccc2nc(/C=C/c3ccc(S(C)(=O)=O)cc3)[nH]c2c1.CS(=O)(=O)c1ccc(/C=C/c2nc3ccc(-c4ccccc4S(N)(=O)=O)cc3[nH]2)cc1. The highest BCUT2D eigenvalue weighted by Crippen LogP contribution is 2.35. The number of imidazole rings is 3. The van der Waals surface area contributed by atoms with Crippen LogP contribution in [0.3, 0.4) is 0 Å². The number of rotatable bonds is 16. The van der Waals surface area contributed by atoms with Crippen molar-refractivity contribution in [2.45, 2.75) is 39.0 Å². The predicted molar refractivity (Wildman–Crippen MR) is 375 cm³/mol. The molecule has 0 unspecified atom stereocenters. The van der Waals surface area contributed by atoms with Gasteiger partial charge in [0.1, 0.15) is 17.5 Å². The van der Waals surface area contributed by atoms with Crippen LogP contribution in [0, 0.1) is 0 Å². The van der Waals surface area contributed by atoms with Crippen molar-refractivity contribution in [1.82, 2.24) is 29.9 Å². The first-order valence-corrected chi connectivity index (χ1v) is 37.9. The second kappa shape index (κ2) is 27.0. The van der Waals surface area contributed by atoms with Crippen LogP contribution in [-0.2, 0) is 55.2 Å². The summed E-state index contributed by atoms with van der Waals surface area (Å²) >= 11 is 0. The van der Waals surface area contributed by atoms with Gasteiger partial charge in [0.25, 0.3) is 0 Å². The van der Waals surface area contributed by atoms with Gasteiger partial charge in [-0.2, -0.15) is 0 Å². The number of nitrogens with one attached hydrogen (secondary N) is 4. The topological polar surface area (TPSA) is 315 Å². The smallest absolute Gasteiger partial charge is 0.238 e. The van der Waals surface area contributed by atoms with E-state index in [1.807, 2.05) is 109 Å². The largest absolute Gasteiger partial charge is 0.386 e. The minimum atomic E-state index is -3.86. The fraction of sp³-hybridized carbons (Fsp3) is 0.100. The number of aliphatic hydroxyl groups is 1. The van der Waals surface area contributed by atoms with Crippen molar-refractivity contribution in [1.29, 1.82) is 0 Å². The molecule has 0 saturated carbocycles. The molecule has 0 fully saturated rings. The first-order valence-electron chi connectivity index (χ1n) is 28.8. The second-order valence-corrected chi connectivity index (χ2v) is 32.0. The Bertz CT molecular complexity index is 5520. The Hall–Kier alpha value is -9.92. The van der Waals surface area contributed by atoms with Crippen molar-refractivity contribution >= 4 is 125 Å². The van der Waals surface area contributed by atoms with Crippen LogP contribution in [0.4, 0.5) is 5.69 Å². The van der Waals surface area contributed by atoms with E-state index >= 15 is 0 Å². The molecule has 0 aliphatic rings. The van der Waals surface area contributed by atoms with Crippen molar-refractivity contribution in [3.8, 4) is 33.4 Å². The average Bonchev–Trinajstić information content (AvgIpc) is 1.48. The number of H-pyrrole nitrogens is 3. The molecule has 7 N–H and O–H groups in total. The van der Waals surface area contributed by atoms with Crippen LogP contribution in [0.25, 0.3) is 103 Å². The summed E-state index contributed by atoms with van der Waals surface area (Å²) in [7, 11) is -16.9. The minimum Gasteiger partial charge on any atom is -0.386 e. The predicted octanol–water partition coefficient (Wildman–Crippen LogP) is 12.7. The fourth-order valence-electron chi connectivity index (χ4n) is 10.1. The number of benzene rings is 9. The van der Waals surface area contributed by atoms with E-state index in [0.717, 1.165) is 83.9 Å². The Morgan fingerprint density at radius 1 is 0.404 bits per heavy atom. The van der Waals surface area contributed by atoms with Crippen molar-refractivity contribution in [3.63, 3.8) is 0 Å². The van der Waals surface area contributed by atoms with Gasteiger partial charge in [0.15, 0.2) is 29.5 Å². The van der Waals surface area contributed by atoms with E-state index in [1.54, 1.807) is 135 Å². The highest BCUT2D eigenvalue weighted by Gasteiger charge is 2.21. The lowest BCUT2D eigenvalue weighted by molar-refractivity contribution is 0.0792. The van der Waals surface area contributed by atoms with Gasteiger partial charge >= 0.3 is 0 Å². The van der Waals surface area contributed by atoms with E-state index in [0.29, 0.717) is 39.2 Å². The first-order chi connectivity index (χ1) is 44.3. The molecule has 0 radical (unpaired) electrons. The number of sulfonamides is 2. The zero-order valence-electron chi connectivity index (χ0n) is 51.5. The number of hydrogen-bond donors (Lipinski definition) is 6. The number of aromatic nitrogens is 6. The first kappa shape index (κ1) is 67.0. The zero-order chi connectivity index (χ0) is 67.4. The Labute approximate surface area is 545 Å². The number of anilines is 1. The van der Waals surface area contributed by atoms with Gasteiger partial charge in [-0.3, -0.25) is 4.72 Å². The van der Waals surface area contributed by atoms with Crippen LogP contribution < -0.4 is 9.86 Å². The summed E-state index contributed by atoms with van der Waals surface area (Å²) in [6.07, 6.45) is 15.7. The molecule has 24 heteroatoms.